The zero-order chi connectivity index (χ0) is 18.7. The number of nitrogens with zero attached hydrogens (tertiary/aromatic N) is 1. The van der Waals surface area contributed by atoms with Crippen molar-refractivity contribution in [2.24, 2.45) is 5.73 Å². The van der Waals surface area contributed by atoms with Gasteiger partial charge in [-0.2, -0.15) is 0 Å². The Hall–Kier alpha value is -3.28. The molecule has 0 aliphatic heterocycles. The number of ether oxygens (including phenoxy) is 1. The number of carboxylic acids is 1. The largest absolute Gasteiger partial charge is 0.480 e. The quantitative estimate of drug-likeness (QED) is 0.683. The molecule has 1 amide bonds. The Kier molecular flexibility index (Phi) is 4.93. The highest BCUT2D eigenvalue weighted by molar-refractivity contribution is 5.92. The number of carbonyl (C=O) groups is 2. The summed E-state index contributed by atoms with van der Waals surface area (Å²) in [6.07, 6.45) is 0.692. The first-order valence-corrected chi connectivity index (χ1v) is 8.25. The second-order valence-electron chi connectivity index (χ2n) is 6.11. The second-order valence-corrected chi connectivity index (χ2v) is 6.11. The molecule has 0 bridgehead atoms. The van der Waals surface area contributed by atoms with Gasteiger partial charge in [-0.25, -0.2) is 4.79 Å². The highest BCUT2D eigenvalue weighted by Gasteiger charge is 2.19. The molecular weight excluding hydrogens is 332 g/mol. The van der Waals surface area contributed by atoms with E-state index in [-0.39, 0.29) is 6.54 Å². The third kappa shape index (κ3) is 3.54. The standard InChI is InChI=1S/C20H20N2O4/c1-13-16(10-14-6-3-2-4-7-14)15-8-5-9-17(26-12-19(24)25)20(15)22(13)11-18(21)23/h2-9H,10-12H2,1H3,(H2,21,23)(H,24,25). The van der Waals surface area contributed by atoms with Gasteiger partial charge in [-0.3, -0.25) is 4.79 Å². The van der Waals surface area contributed by atoms with Gasteiger partial charge in [0.1, 0.15) is 12.3 Å². The van der Waals surface area contributed by atoms with Crippen LogP contribution in [0.4, 0.5) is 0 Å². The zero-order valence-corrected chi connectivity index (χ0v) is 14.4. The summed E-state index contributed by atoms with van der Waals surface area (Å²) in [7, 11) is 0. The molecular formula is C20H20N2O4. The number of amides is 1. The topological polar surface area (TPSA) is 94.6 Å². The molecule has 2 aromatic carbocycles. The van der Waals surface area contributed by atoms with E-state index in [0.29, 0.717) is 17.7 Å². The summed E-state index contributed by atoms with van der Waals surface area (Å²) in [5.74, 6) is -1.10. The van der Waals surface area contributed by atoms with Crippen LogP contribution in [0.5, 0.6) is 5.75 Å². The van der Waals surface area contributed by atoms with Crippen LogP contribution in [0, 0.1) is 6.92 Å². The number of rotatable bonds is 7. The van der Waals surface area contributed by atoms with E-state index in [9.17, 15) is 9.59 Å². The number of para-hydroxylation sites is 1. The average Bonchev–Trinajstić information content (AvgIpc) is 2.86. The average molecular weight is 352 g/mol. The van der Waals surface area contributed by atoms with Gasteiger partial charge in [0, 0.05) is 11.1 Å². The van der Waals surface area contributed by atoms with E-state index in [1.807, 2.05) is 49.4 Å². The maximum atomic E-state index is 11.6. The molecule has 134 valence electrons. The maximum absolute atomic E-state index is 11.6. The molecule has 26 heavy (non-hydrogen) atoms. The van der Waals surface area contributed by atoms with Crippen LogP contribution in [-0.4, -0.2) is 28.2 Å². The lowest BCUT2D eigenvalue weighted by Crippen LogP contribution is -2.19. The van der Waals surface area contributed by atoms with Crippen LogP contribution in [0.2, 0.25) is 0 Å². The van der Waals surface area contributed by atoms with Crippen LogP contribution < -0.4 is 10.5 Å². The molecule has 0 aliphatic carbocycles. The molecule has 3 aromatic rings. The molecule has 6 nitrogen and oxygen atoms in total. The molecule has 0 fully saturated rings. The fourth-order valence-corrected chi connectivity index (χ4v) is 3.20. The number of carbonyl (C=O) groups excluding carboxylic acids is 1. The summed E-state index contributed by atoms with van der Waals surface area (Å²) in [5.41, 5.74) is 9.23. The van der Waals surface area contributed by atoms with E-state index < -0.39 is 18.5 Å². The lowest BCUT2D eigenvalue weighted by molar-refractivity contribution is -0.139. The first-order chi connectivity index (χ1) is 12.5. The van der Waals surface area contributed by atoms with E-state index in [2.05, 4.69) is 0 Å². The molecule has 3 rings (SSSR count). The monoisotopic (exact) mass is 352 g/mol. The van der Waals surface area contributed by atoms with Crippen LogP contribution in [0.1, 0.15) is 16.8 Å². The molecule has 0 unspecified atom stereocenters. The zero-order valence-electron chi connectivity index (χ0n) is 14.4. The van der Waals surface area contributed by atoms with Crippen molar-refractivity contribution in [1.29, 1.82) is 0 Å². The summed E-state index contributed by atoms with van der Waals surface area (Å²) in [5, 5.41) is 9.84. The van der Waals surface area contributed by atoms with Gasteiger partial charge < -0.3 is 20.1 Å². The van der Waals surface area contributed by atoms with Crippen molar-refractivity contribution in [1.82, 2.24) is 4.57 Å². The number of nitrogens with two attached hydrogens (primary N) is 1. The fourth-order valence-electron chi connectivity index (χ4n) is 3.20. The molecule has 0 radical (unpaired) electrons. The summed E-state index contributed by atoms with van der Waals surface area (Å²) in [4.78, 5) is 22.5. The van der Waals surface area contributed by atoms with E-state index in [4.69, 9.17) is 15.6 Å². The second kappa shape index (κ2) is 7.31. The minimum absolute atomic E-state index is 0.00453. The molecule has 0 atom stereocenters. The minimum Gasteiger partial charge on any atom is -0.480 e. The normalized spacial score (nSPS) is 10.8. The van der Waals surface area contributed by atoms with E-state index in [1.165, 1.54) is 0 Å². The number of primary amides is 1. The van der Waals surface area contributed by atoms with Crippen molar-refractivity contribution >= 4 is 22.8 Å². The molecule has 0 spiro atoms. The SMILES string of the molecule is Cc1c(Cc2ccccc2)c2cccc(OCC(=O)O)c2n1CC(N)=O. The van der Waals surface area contributed by atoms with Crippen LogP contribution >= 0.6 is 0 Å². The molecule has 0 saturated heterocycles. The van der Waals surface area contributed by atoms with Gasteiger partial charge in [-0.1, -0.05) is 42.5 Å². The first kappa shape index (κ1) is 17.5. The number of fused-ring (bicyclic) bond motifs is 1. The summed E-state index contributed by atoms with van der Waals surface area (Å²) >= 11 is 0. The Bertz CT molecular complexity index is 961. The fraction of sp³-hybridized carbons (Fsp3) is 0.200. The predicted molar refractivity (Wildman–Crippen MR) is 98.2 cm³/mol. The first-order valence-electron chi connectivity index (χ1n) is 8.25. The third-order valence-corrected chi connectivity index (χ3v) is 4.32. The van der Waals surface area contributed by atoms with Gasteiger partial charge in [0.2, 0.25) is 5.91 Å². The minimum atomic E-state index is -1.06. The van der Waals surface area contributed by atoms with Crippen molar-refractivity contribution in [3.8, 4) is 5.75 Å². The van der Waals surface area contributed by atoms with E-state index in [0.717, 1.165) is 22.2 Å². The van der Waals surface area contributed by atoms with E-state index in [1.54, 1.807) is 10.6 Å². The Morgan fingerprint density at radius 2 is 1.85 bits per heavy atom. The van der Waals surface area contributed by atoms with E-state index >= 15 is 0 Å². The Balaban J connectivity index is 2.15. The van der Waals surface area contributed by atoms with Gasteiger partial charge in [-0.15, -0.1) is 0 Å². The smallest absolute Gasteiger partial charge is 0.341 e. The number of aliphatic carboxylic acids is 1. The lowest BCUT2D eigenvalue weighted by Gasteiger charge is -2.10. The molecule has 0 saturated carbocycles. The highest BCUT2D eigenvalue weighted by Crippen LogP contribution is 2.34. The summed E-state index contributed by atoms with van der Waals surface area (Å²) in [6, 6.07) is 15.5. The summed E-state index contributed by atoms with van der Waals surface area (Å²) in [6.45, 7) is 1.49. The van der Waals surface area contributed by atoms with Crippen LogP contribution in [0.25, 0.3) is 10.9 Å². The molecule has 0 aliphatic rings. The number of hydrogen-bond acceptors (Lipinski definition) is 3. The Labute approximate surface area is 150 Å². The lowest BCUT2D eigenvalue weighted by atomic mass is 10.0. The van der Waals surface area contributed by atoms with Crippen molar-refractivity contribution in [2.75, 3.05) is 6.61 Å². The van der Waals surface area contributed by atoms with Crippen molar-refractivity contribution in [2.45, 2.75) is 19.9 Å². The number of aromatic nitrogens is 1. The van der Waals surface area contributed by atoms with Crippen LogP contribution in [0.15, 0.2) is 48.5 Å². The predicted octanol–water partition coefficient (Wildman–Crippen LogP) is 2.49. The van der Waals surface area contributed by atoms with Crippen molar-refractivity contribution in [3.63, 3.8) is 0 Å². The van der Waals surface area contributed by atoms with Crippen LogP contribution in [0.3, 0.4) is 0 Å². The Morgan fingerprint density at radius 3 is 2.50 bits per heavy atom. The van der Waals surface area contributed by atoms with Gasteiger partial charge in [0.25, 0.3) is 0 Å². The number of carboxylic acid groups (broad SMARTS) is 1. The summed E-state index contributed by atoms with van der Waals surface area (Å²) < 4.78 is 7.25. The van der Waals surface area contributed by atoms with Gasteiger partial charge >= 0.3 is 5.97 Å². The molecule has 6 heteroatoms. The van der Waals surface area contributed by atoms with Crippen molar-refractivity contribution < 1.29 is 19.4 Å². The number of hydrogen-bond donors (Lipinski definition) is 2. The Morgan fingerprint density at radius 1 is 1.12 bits per heavy atom. The molecule has 3 N–H and O–H groups in total. The maximum Gasteiger partial charge on any atom is 0.341 e. The van der Waals surface area contributed by atoms with Crippen LogP contribution in [-0.2, 0) is 22.6 Å². The molecule has 1 aromatic heterocycles. The highest BCUT2D eigenvalue weighted by atomic mass is 16.5. The van der Waals surface area contributed by atoms with Crippen molar-refractivity contribution in [3.05, 3.63) is 65.4 Å². The van der Waals surface area contributed by atoms with Gasteiger partial charge in [-0.05, 0) is 30.5 Å². The van der Waals surface area contributed by atoms with Gasteiger partial charge in [0.15, 0.2) is 6.61 Å². The third-order valence-electron chi connectivity index (χ3n) is 4.32. The number of benzene rings is 2. The molecule has 1 heterocycles. The van der Waals surface area contributed by atoms with Gasteiger partial charge in [0.05, 0.1) is 5.52 Å².